The molecular formula is C31H38N4O5. The Morgan fingerprint density at radius 1 is 0.800 bits per heavy atom. The molecule has 3 amide bonds. The summed E-state index contributed by atoms with van der Waals surface area (Å²) in [5, 5.41) is 0. The van der Waals surface area contributed by atoms with Crippen molar-refractivity contribution in [3.8, 4) is 11.5 Å². The lowest BCUT2D eigenvalue weighted by molar-refractivity contribution is -0.146. The molecule has 9 heteroatoms. The number of hydrogen-bond donors (Lipinski definition) is 3. The van der Waals surface area contributed by atoms with Crippen LogP contribution in [0.1, 0.15) is 42.4 Å². The van der Waals surface area contributed by atoms with Crippen molar-refractivity contribution in [3.63, 3.8) is 0 Å². The van der Waals surface area contributed by atoms with E-state index in [4.69, 9.17) is 26.7 Å². The van der Waals surface area contributed by atoms with Crippen molar-refractivity contribution in [2.45, 2.75) is 51.4 Å². The maximum Gasteiger partial charge on any atom is 0.246 e. The Labute approximate surface area is 235 Å². The van der Waals surface area contributed by atoms with Crippen molar-refractivity contribution in [1.82, 2.24) is 4.90 Å². The van der Waals surface area contributed by atoms with Crippen LogP contribution in [-0.4, -0.2) is 41.8 Å². The van der Waals surface area contributed by atoms with Gasteiger partial charge in [0.2, 0.25) is 17.7 Å². The second kappa shape index (κ2) is 16.0. The third-order valence-electron chi connectivity index (χ3n) is 6.26. The lowest BCUT2D eigenvalue weighted by Crippen LogP contribution is -2.49. The van der Waals surface area contributed by atoms with E-state index in [2.05, 4.69) is 0 Å². The monoisotopic (exact) mass is 546 g/mol. The predicted octanol–water partition coefficient (Wildman–Crippen LogP) is 3.07. The van der Waals surface area contributed by atoms with Crippen LogP contribution in [0.3, 0.4) is 0 Å². The molecule has 0 saturated carbocycles. The van der Waals surface area contributed by atoms with E-state index in [9.17, 15) is 14.4 Å². The summed E-state index contributed by atoms with van der Waals surface area (Å²) in [6.45, 7) is 1.35. The van der Waals surface area contributed by atoms with Crippen LogP contribution >= 0.6 is 0 Å². The molecule has 0 aliphatic heterocycles. The number of benzene rings is 3. The highest BCUT2D eigenvalue weighted by Crippen LogP contribution is 2.28. The fourth-order valence-electron chi connectivity index (χ4n) is 4.09. The van der Waals surface area contributed by atoms with E-state index >= 15 is 0 Å². The van der Waals surface area contributed by atoms with Crippen molar-refractivity contribution in [3.05, 3.63) is 95.6 Å². The van der Waals surface area contributed by atoms with Gasteiger partial charge in [-0.15, -0.1) is 0 Å². The number of rotatable bonds is 16. The van der Waals surface area contributed by atoms with Gasteiger partial charge in [-0.1, -0.05) is 73.2 Å². The van der Waals surface area contributed by atoms with E-state index in [1.165, 1.54) is 0 Å². The van der Waals surface area contributed by atoms with E-state index in [1.54, 1.807) is 18.2 Å². The molecule has 1 atom stereocenters. The summed E-state index contributed by atoms with van der Waals surface area (Å²) in [6.07, 6.45) is 1.64. The number of nitrogens with zero attached hydrogens (tertiary/aromatic N) is 1. The van der Waals surface area contributed by atoms with E-state index in [1.807, 2.05) is 60.7 Å². The number of amides is 3. The predicted molar refractivity (Wildman–Crippen MR) is 153 cm³/mol. The van der Waals surface area contributed by atoms with Gasteiger partial charge >= 0.3 is 0 Å². The number of unbranched alkanes of at least 4 members (excludes halogenated alkanes) is 2. The summed E-state index contributed by atoms with van der Waals surface area (Å²) < 4.78 is 12.1. The third kappa shape index (κ3) is 9.83. The quantitative estimate of drug-likeness (QED) is 0.234. The smallest absolute Gasteiger partial charge is 0.246 e. The lowest BCUT2D eigenvalue weighted by atomic mass is 10.1. The van der Waals surface area contributed by atoms with Crippen LogP contribution in [0.15, 0.2) is 78.9 Å². The fraction of sp³-hybridized carbons (Fsp3) is 0.323. The SMILES string of the molecule is NCCCCCN(C(=O)Cc1ccc(OCc2ccccc2)cc1OCc1ccccc1)C(=O)[C@@H](N)CC(N)=O. The maximum atomic E-state index is 13.5. The third-order valence-corrected chi connectivity index (χ3v) is 6.26. The van der Waals surface area contributed by atoms with Crippen LogP contribution in [0.25, 0.3) is 0 Å². The van der Waals surface area contributed by atoms with E-state index in [0.29, 0.717) is 36.6 Å². The molecule has 0 aromatic heterocycles. The van der Waals surface area contributed by atoms with Gasteiger partial charge in [0, 0.05) is 18.2 Å². The van der Waals surface area contributed by atoms with Crippen LogP contribution < -0.4 is 26.7 Å². The van der Waals surface area contributed by atoms with Gasteiger partial charge in [0.25, 0.3) is 0 Å². The summed E-state index contributed by atoms with van der Waals surface area (Å²) >= 11 is 0. The number of imide groups is 1. The normalized spacial score (nSPS) is 11.4. The van der Waals surface area contributed by atoms with Crippen molar-refractivity contribution in [2.24, 2.45) is 17.2 Å². The molecule has 0 aliphatic carbocycles. The standard InChI is InChI=1S/C31H38N4O5/c32-16-8-3-9-17-35(31(38)27(33)20-29(34)36)30(37)18-25-14-15-26(39-21-23-10-4-1-5-11-23)19-28(25)40-22-24-12-6-2-7-13-24/h1-2,4-7,10-15,19,27H,3,8-9,16-18,20-22,32-33H2,(H2,34,36)/t27-/m0/s1. The largest absolute Gasteiger partial charge is 0.489 e. The lowest BCUT2D eigenvalue weighted by Gasteiger charge is -2.24. The average Bonchev–Trinajstić information content (AvgIpc) is 2.96. The Kier molecular flexibility index (Phi) is 12.2. The van der Waals surface area contributed by atoms with Crippen molar-refractivity contribution in [1.29, 1.82) is 0 Å². The maximum absolute atomic E-state index is 13.5. The Morgan fingerprint density at radius 3 is 2.02 bits per heavy atom. The summed E-state index contributed by atoms with van der Waals surface area (Å²) in [5.74, 6) is -0.730. The summed E-state index contributed by atoms with van der Waals surface area (Å²) in [7, 11) is 0. The zero-order valence-corrected chi connectivity index (χ0v) is 22.7. The van der Waals surface area contributed by atoms with Crippen LogP contribution in [0.5, 0.6) is 11.5 Å². The minimum absolute atomic E-state index is 0.102. The highest BCUT2D eigenvalue weighted by Gasteiger charge is 2.28. The molecule has 0 spiro atoms. The molecule has 3 rings (SSSR count). The van der Waals surface area contributed by atoms with Gasteiger partial charge in [0.1, 0.15) is 24.7 Å². The molecule has 6 N–H and O–H groups in total. The van der Waals surface area contributed by atoms with Gasteiger partial charge in [-0.05, 0) is 36.6 Å². The van der Waals surface area contributed by atoms with Gasteiger partial charge in [-0.3, -0.25) is 19.3 Å². The summed E-state index contributed by atoms with van der Waals surface area (Å²) in [4.78, 5) is 39.0. The molecule has 9 nitrogen and oxygen atoms in total. The second-order valence-electron chi connectivity index (χ2n) is 9.50. The molecule has 0 bridgehead atoms. The highest BCUT2D eigenvalue weighted by atomic mass is 16.5. The Morgan fingerprint density at radius 2 is 1.43 bits per heavy atom. The highest BCUT2D eigenvalue weighted by molar-refractivity contribution is 6.00. The Balaban J connectivity index is 1.80. The van der Waals surface area contributed by atoms with Gasteiger partial charge < -0.3 is 26.7 Å². The fourth-order valence-corrected chi connectivity index (χ4v) is 4.09. The first-order valence-electron chi connectivity index (χ1n) is 13.4. The van der Waals surface area contributed by atoms with Crippen molar-refractivity contribution >= 4 is 17.7 Å². The van der Waals surface area contributed by atoms with Crippen molar-refractivity contribution in [2.75, 3.05) is 13.1 Å². The number of carbonyl (C=O) groups is 3. The number of primary amides is 1. The molecule has 0 radical (unpaired) electrons. The molecule has 0 saturated heterocycles. The van der Waals surface area contributed by atoms with Gasteiger partial charge in [-0.2, -0.15) is 0 Å². The number of carbonyl (C=O) groups excluding carboxylic acids is 3. The second-order valence-corrected chi connectivity index (χ2v) is 9.50. The summed E-state index contributed by atoms with van der Waals surface area (Å²) in [6, 6.07) is 23.5. The van der Waals surface area contributed by atoms with Crippen molar-refractivity contribution < 1.29 is 23.9 Å². The van der Waals surface area contributed by atoms with Gasteiger partial charge in [0.05, 0.1) is 18.9 Å². The number of ether oxygens (including phenoxy) is 2. The van der Waals surface area contributed by atoms with Gasteiger partial charge in [0.15, 0.2) is 0 Å². The zero-order chi connectivity index (χ0) is 28.7. The average molecular weight is 547 g/mol. The number of hydrogen-bond acceptors (Lipinski definition) is 7. The van der Waals surface area contributed by atoms with Crippen LogP contribution in [0.2, 0.25) is 0 Å². The first kappa shape index (κ1) is 30.3. The first-order chi connectivity index (χ1) is 19.4. The minimum Gasteiger partial charge on any atom is -0.489 e. The van der Waals surface area contributed by atoms with Crippen LogP contribution in [-0.2, 0) is 34.0 Å². The summed E-state index contributed by atoms with van der Waals surface area (Å²) in [5.41, 5.74) is 19.3. The molecule has 0 unspecified atom stereocenters. The molecule has 0 heterocycles. The van der Waals surface area contributed by atoms with Crippen LogP contribution in [0, 0.1) is 0 Å². The molecule has 3 aromatic rings. The molecular weight excluding hydrogens is 508 g/mol. The number of nitrogens with two attached hydrogens (primary N) is 3. The molecule has 3 aromatic carbocycles. The van der Waals surface area contributed by atoms with E-state index in [0.717, 1.165) is 28.9 Å². The molecule has 40 heavy (non-hydrogen) atoms. The minimum atomic E-state index is -1.20. The van der Waals surface area contributed by atoms with E-state index < -0.39 is 23.8 Å². The van der Waals surface area contributed by atoms with Gasteiger partial charge in [-0.25, -0.2) is 0 Å². The molecule has 0 fully saturated rings. The van der Waals surface area contributed by atoms with E-state index in [-0.39, 0.29) is 26.0 Å². The Hall–Kier alpha value is -4.21. The van der Waals surface area contributed by atoms with Crippen LogP contribution in [0.4, 0.5) is 0 Å². The first-order valence-corrected chi connectivity index (χ1v) is 13.4. The zero-order valence-electron chi connectivity index (χ0n) is 22.7. The molecule has 0 aliphatic rings. The topological polar surface area (TPSA) is 151 Å². The Bertz CT molecular complexity index is 1240. The molecule has 212 valence electrons.